The Morgan fingerprint density at radius 3 is 2.04 bits per heavy atom. The van der Waals surface area contributed by atoms with Crippen LogP contribution in [-0.2, 0) is 0 Å². The van der Waals surface area contributed by atoms with E-state index in [4.69, 9.17) is 18.9 Å². The van der Waals surface area contributed by atoms with E-state index >= 15 is 0 Å². The number of methoxy groups -OCH3 is 2. The first kappa shape index (κ1) is 44.2. The number of nitrogens with one attached hydrogen (secondary N) is 1. The molecule has 0 spiro atoms. The molecular formula is C47H62N2O6. The second-order valence-electron chi connectivity index (χ2n) is 13.6. The minimum atomic E-state index is -0.144. The number of benzene rings is 3. The van der Waals surface area contributed by atoms with Crippen molar-refractivity contribution in [3.8, 4) is 23.0 Å². The van der Waals surface area contributed by atoms with Crippen LogP contribution in [0.3, 0.4) is 0 Å². The van der Waals surface area contributed by atoms with Crippen LogP contribution in [0.1, 0.15) is 97.2 Å². The molecule has 1 amide bonds. The number of nitrogens with zero attached hydrogens (tertiary/aromatic N) is 1. The molecule has 2 aliphatic rings. The summed E-state index contributed by atoms with van der Waals surface area (Å²) in [4.78, 5) is 26.7. The fourth-order valence-electron chi connectivity index (χ4n) is 6.32. The van der Waals surface area contributed by atoms with Gasteiger partial charge in [0.2, 0.25) is 0 Å². The summed E-state index contributed by atoms with van der Waals surface area (Å²) in [6.45, 7) is 20.7. The standard InChI is InChI=1S/C34H38N2O6.C11H18.C2H6/c1-7-28-17-25(24-9-11-27(35-4)12-10-24)20-36(28)34(38)29-19-31(40-6)33(16-23(29)3)42-14-8-13-41-32-15-22(2)26(21-37)18-30(32)39-5;1-4-9(3)8-10(5-2)11-6-7-11;1-2/h7,9-12,15-16,18-21,28,35H,1,8,13-14,17H2,2-6H3;4-5,9,11H,1,6-8H2,2-3H3;1-2H3/b;10-5+;. The van der Waals surface area contributed by atoms with Crippen molar-refractivity contribution in [3.05, 3.63) is 120 Å². The summed E-state index contributed by atoms with van der Waals surface area (Å²) >= 11 is 0. The van der Waals surface area contributed by atoms with E-state index in [1.54, 1.807) is 35.8 Å². The summed E-state index contributed by atoms with van der Waals surface area (Å²) in [6, 6.07) is 15.0. The Kier molecular flexibility index (Phi) is 17.8. The Hall–Kier alpha value is -5.24. The fraction of sp³-hybridized carbons (Fsp3) is 0.404. The van der Waals surface area contributed by atoms with Gasteiger partial charge in [0.1, 0.15) is 6.29 Å². The lowest BCUT2D eigenvalue weighted by atomic mass is 9.98. The van der Waals surface area contributed by atoms with E-state index in [-0.39, 0.29) is 11.9 Å². The lowest BCUT2D eigenvalue weighted by molar-refractivity contribution is 0.0805. The molecular weight excluding hydrogens is 689 g/mol. The second kappa shape index (κ2) is 22.2. The number of hydrogen-bond acceptors (Lipinski definition) is 7. The van der Waals surface area contributed by atoms with Gasteiger partial charge in [0.15, 0.2) is 23.0 Å². The third-order valence-electron chi connectivity index (χ3n) is 9.79. The summed E-state index contributed by atoms with van der Waals surface area (Å²) in [7, 11) is 4.98. The zero-order chi connectivity index (χ0) is 40.5. The number of hydrogen-bond donors (Lipinski definition) is 1. The van der Waals surface area contributed by atoms with Crippen LogP contribution in [0.5, 0.6) is 23.0 Å². The van der Waals surface area contributed by atoms with Gasteiger partial charge < -0.3 is 29.2 Å². The second-order valence-corrected chi connectivity index (χ2v) is 13.6. The average molecular weight is 751 g/mol. The summed E-state index contributed by atoms with van der Waals surface area (Å²) in [5.74, 6) is 3.58. The molecule has 8 nitrogen and oxygen atoms in total. The van der Waals surface area contributed by atoms with Gasteiger partial charge in [-0.1, -0.05) is 56.7 Å². The summed E-state index contributed by atoms with van der Waals surface area (Å²) in [6.07, 6.45) is 14.2. The minimum Gasteiger partial charge on any atom is -0.493 e. The maximum absolute atomic E-state index is 13.7. The molecule has 1 aliphatic carbocycles. The maximum Gasteiger partial charge on any atom is 0.258 e. The smallest absolute Gasteiger partial charge is 0.258 e. The van der Waals surface area contributed by atoms with E-state index in [1.165, 1.54) is 26.4 Å². The third kappa shape index (κ3) is 12.1. The Labute approximate surface area is 329 Å². The van der Waals surface area contributed by atoms with Crippen LogP contribution in [0.2, 0.25) is 0 Å². The van der Waals surface area contributed by atoms with E-state index in [1.807, 2.05) is 71.3 Å². The predicted molar refractivity (Wildman–Crippen MR) is 227 cm³/mol. The molecule has 0 bridgehead atoms. The number of aldehydes is 1. The van der Waals surface area contributed by atoms with Crippen molar-refractivity contribution in [1.82, 2.24) is 4.90 Å². The molecule has 0 aromatic heterocycles. The van der Waals surface area contributed by atoms with E-state index in [0.717, 1.165) is 40.2 Å². The summed E-state index contributed by atoms with van der Waals surface area (Å²) in [5.41, 5.74) is 7.54. The van der Waals surface area contributed by atoms with Crippen molar-refractivity contribution in [1.29, 1.82) is 0 Å². The van der Waals surface area contributed by atoms with Gasteiger partial charge in [0.25, 0.3) is 5.91 Å². The zero-order valence-electron chi connectivity index (χ0n) is 34.5. The van der Waals surface area contributed by atoms with Crippen molar-refractivity contribution in [3.63, 3.8) is 0 Å². The average Bonchev–Trinajstić information content (AvgIpc) is 3.98. The number of allylic oxidation sites excluding steroid dienone is 3. The van der Waals surface area contributed by atoms with Crippen LogP contribution in [0.15, 0.2) is 91.7 Å². The lowest BCUT2D eigenvalue weighted by Gasteiger charge is -2.22. The van der Waals surface area contributed by atoms with Crippen LogP contribution in [0, 0.1) is 25.7 Å². The van der Waals surface area contributed by atoms with Gasteiger partial charge in [-0.2, -0.15) is 0 Å². The van der Waals surface area contributed by atoms with Crippen molar-refractivity contribution < 1.29 is 28.5 Å². The largest absolute Gasteiger partial charge is 0.493 e. The first-order valence-electron chi connectivity index (χ1n) is 19.4. The Bertz CT molecular complexity index is 1800. The van der Waals surface area contributed by atoms with E-state index in [0.29, 0.717) is 66.1 Å². The molecule has 0 radical (unpaired) electrons. The van der Waals surface area contributed by atoms with Crippen molar-refractivity contribution >= 4 is 23.5 Å². The highest BCUT2D eigenvalue weighted by Gasteiger charge is 2.30. The van der Waals surface area contributed by atoms with Crippen LogP contribution in [-0.4, -0.2) is 57.6 Å². The molecule has 3 aromatic rings. The molecule has 1 N–H and O–H groups in total. The maximum atomic E-state index is 13.7. The van der Waals surface area contributed by atoms with Gasteiger partial charge in [0, 0.05) is 36.5 Å². The third-order valence-corrected chi connectivity index (χ3v) is 9.79. The van der Waals surface area contributed by atoms with Gasteiger partial charge in [0.05, 0.1) is 33.5 Å². The number of ether oxygens (including phenoxy) is 4. The molecule has 0 saturated heterocycles. The molecule has 1 saturated carbocycles. The zero-order valence-corrected chi connectivity index (χ0v) is 34.5. The molecule has 55 heavy (non-hydrogen) atoms. The van der Waals surface area contributed by atoms with Gasteiger partial charge >= 0.3 is 0 Å². The summed E-state index contributed by atoms with van der Waals surface area (Å²) < 4.78 is 22.9. The van der Waals surface area contributed by atoms with Crippen LogP contribution in [0.25, 0.3) is 5.57 Å². The molecule has 1 heterocycles. The highest BCUT2D eigenvalue weighted by Crippen LogP contribution is 2.39. The molecule has 296 valence electrons. The number of carbonyl (C=O) groups is 2. The number of carbonyl (C=O) groups excluding carboxylic acids is 2. The number of aryl methyl sites for hydroxylation is 2. The lowest BCUT2D eigenvalue weighted by Crippen LogP contribution is -2.31. The molecule has 1 aliphatic heterocycles. The van der Waals surface area contributed by atoms with Gasteiger partial charge in [-0.3, -0.25) is 9.59 Å². The summed E-state index contributed by atoms with van der Waals surface area (Å²) in [5, 5.41) is 3.13. The Morgan fingerprint density at radius 1 is 0.927 bits per heavy atom. The topological polar surface area (TPSA) is 86.3 Å². The van der Waals surface area contributed by atoms with Crippen LogP contribution >= 0.6 is 0 Å². The predicted octanol–water partition coefficient (Wildman–Crippen LogP) is 11.0. The fourth-order valence-corrected chi connectivity index (χ4v) is 6.32. The molecule has 3 aromatic carbocycles. The number of rotatable bonds is 17. The Balaban J connectivity index is 0.000000532. The van der Waals surface area contributed by atoms with Gasteiger partial charge in [-0.05, 0) is 117 Å². The highest BCUT2D eigenvalue weighted by atomic mass is 16.5. The van der Waals surface area contributed by atoms with E-state index in [2.05, 4.69) is 50.5 Å². The van der Waals surface area contributed by atoms with Crippen molar-refractivity contribution in [2.75, 3.05) is 39.8 Å². The van der Waals surface area contributed by atoms with Gasteiger partial charge in [-0.25, -0.2) is 0 Å². The Morgan fingerprint density at radius 2 is 1.53 bits per heavy atom. The van der Waals surface area contributed by atoms with Crippen molar-refractivity contribution in [2.24, 2.45) is 11.8 Å². The quantitative estimate of drug-likeness (QED) is 0.0835. The van der Waals surface area contributed by atoms with E-state index in [9.17, 15) is 9.59 Å². The first-order valence-corrected chi connectivity index (χ1v) is 19.4. The monoisotopic (exact) mass is 750 g/mol. The van der Waals surface area contributed by atoms with Crippen LogP contribution in [0.4, 0.5) is 5.69 Å². The molecule has 2 atom stereocenters. The first-order chi connectivity index (χ1) is 26.6. The minimum absolute atomic E-state index is 0.123. The SMILES string of the molecule is C=CC(C)C/C(=C\C)C1CC1.C=CC1CC(c2ccc(NC)cc2)=CN1C(=O)c1cc(OC)c(OCCCOc2cc(C)c(C=O)cc2OC)cc1C.CC. The molecule has 8 heteroatoms. The van der Waals surface area contributed by atoms with E-state index < -0.39 is 0 Å². The van der Waals surface area contributed by atoms with Gasteiger partial charge in [-0.15, -0.1) is 13.2 Å². The number of amides is 1. The van der Waals surface area contributed by atoms with Crippen LogP contribution < -0.4 is 24.3 Å². The normalized spacial score (nSPS) is 15.2. The highest BCUT2D eigenvalue weighted by molar-refractivity contribution is 5.99. The van der Waals surface area contributed by atoms with Crippen molar-refractivity contribution in [2.45, 2.75) is 79.7 Å². The molecule has 5 rings (SSSR count). The molecule has 1 fully saturated rings. The molecule has 2 unspecified atom stereocenters. The number of anilines is 1.